The first-order valence-electron chi connectivity index (χ1n) is 8.23. The number of aliphatic hydroxyl groups is 1. The molecular weight excluding hydrogens is 262 g/mol. The molecule has 1 aliphatic carbocycles. The highest BCUT2D eigenvalue weighted by atomic mass is 16.5. The summed E-state index contributed by atoms with van der Waals surface area (Å²) in [5, 5.41) is 13.5. The molecule has 0 aromatic heterocycles. The van der Waals surface area contributed by atoms with Crippen LogP contribution in [0.15, 0.2) is 24.3 Å². The zero-order valence-corrected chi connectivity index (χ0v) is 13.1. The minimum atomic E-state index is -0.127. The number of fused-ring (bicyclic) bond motifs is 1. The zero-order valence-electron chi connectivity index (χ0n) is 13.1. The Bertz CT molecular complexity index is 486. The summed E-state index contributed by atoms with van der Waals surface area (Å²) in [6.07, 6.45) is 5.20. The van der Waals surface area contributed by atoms with E-state index in [1.807, 2.05) is 6.07 Å². The molecular formula is C18H27NO2. The van der Waals surface area contributed by atoms with Crippen LogP contribution in [0.3, 0.4) is 0 Å². The topological polar surface area (TPSA) is 41.5 Å². The van der Waals surface area contributed by atoms with Crippen LogP contribution in [0.2, 0.25) is 0 Å². The van der Waals surface area contributed by atoms with Crippen molar-refractivity contribution in [3.8, 4) is 5.75 Å². The highest BCUT2D eigenvalue weighted by molar-refractivity contribution is 5.38. The Hall–Kier alpha value is -1.06. The molecule has 3 unspecified atom stereocenters. The maximum Gasteiger partial charge on any atom is 0.124 e. The van der Waals surface area contributed by atoms with Crippen molar-refractivity contribution in [2.45, 2.75) is 63.7 Å². The summed E-state index contributed by atoms with van der Waals surface area (Å²) < 4.78 is 6.08. The van der Waals surface area contributed by atoms with Crippen LogP contribution in [0.5, 0.6) is 5.75 Å². The van der Waals surface area contributed by atoms with Crippen molar-refractivity contribution in [1.29, 1.82) is 0 Å². The Morgan fingerprint density at radius 2 is 2.10 bits per heavy atom. The molecule has 116 valence electrons. The van der Waals surface area contributed by atoms with Gasteiger partial charge >= 0.3 is 0 Å². The van der Waals surface area contributed by atoms with Gasteiger partial charge in [-0.25, -0.2) is 0 Å². The highest BCUT2D eigenvalue weighted by Gasteiger charge is 2.33. The monoisotopic (exact) mass is 289 g/mol. The summed E-state index contributed by atoms with van der Waals surface area (Å²) in [6, 6.07) is 8.70. The summed E-state index contributed by atoms with van der Waals surface area (Å²) in [7, 11) is 0. The lowest BCUT2D eigenvalue weighted by molar-refractivity contribution is 0.0615. The van der Waals surface area contributed by atoms with Crippen molar-refractivity contribution >= 4 is 0 Å². The lowest BCUT2D eigenvalue weighted by Crippen LogP contribution is -2.41. The third kappa shape index (κ3) is 3.58. The molecule has 3 heteroatoms. The van der Waals surface area contributed by atoms with Crippen molar-refractivity contribution in [2.75, 3.05) is 6.54 Å². The molecule has 0 radical (unpaired) electrons. The Morgan fingerprint density at radius 3 is 2.90 bits per heavy atom. The van der Waals surface area contributed by atoms with Crippen molar-refractivity contribution in [1.82, 2.24) is 5.32 Å². The number of para-hydroxylation sites is 1. The molecule has 0 saturated heterocycles. The molecule has 3 nitrogen and oxygen atoms in total. The van der Waals surface area contributed by atoms with Gasteiger partial charge in [0, 0.05) is 18.0 Å². The van der Waals surface area contributed by atoms with E-state index in [2.05, 4.69) is 37.4 Å². The summed E-state index contributed by atoms with van der Waals surface area (Å²) in [5.74, 6) is 1.61. The molecule has 0 spiro atoms. The number of benzene rings is 1. The Kier molecular flexibility index (Phi) is 4.23. The predicted molar refractivity (Wildman–Crippen MR) is 84.5 cm³/mol. The summed E-state index contributed by atoms with van der Waals surface area (Å²) in [4.78, 5) is 0. The average molecular weight is 289 g/mol. The van der Waals surface area contributed by atoms with Crippen LogP contribution < -0.4 is 10.1 Å². The fourth-order valence-corrected chi connectivity index (χ4v) is 3.74. The second kappa shape index (κ2) is 5.98. The summed E-state index contributed by atoms with van der Waals surface area (Å²) in [5.41, 5.74) is 1.14. The van der Waals surface area contributed by atoms with E-state index in [0.29, 0.717) is 12.0 Å². The Balaban J connectivity index is 1.67. The first-order chi connectivity index (χ1) is 10.0. The molecule has 1 aromatic rings. The van der Waals surface area contributed by atoms with Crippen molar-refractivity contribution in [3.63, 3.8) is 0 Å². The fraction of sp³-hybridized carbons (Fsp3) is 0.667. The van der Waals surface area contributed by atoms with Gasteiger partial charge in [0.05, 0.1) is 6.10 Å². The van der Waals surface area contributed by atoms with E-state index in [9.17, 15) is 5.11 Å². The van der Waals surface area contributed by atoms with E-state index >= 15 is 0 Å². The van der Waals surface area contributed by atoms with Gasteiger partial charge in [-0.05, 0) is 51.6 Å². The minimum Gasteiger partial charge on any atom is -0.487 e. The summed E-state index contributed by atoms with van der Waals surface area (Å²) >= 11 is 0. The van der Waals surface area contributed by atoms with Crippen molar-refractivity contribution < 1.29 is 9.84 Å². The largest absolute Gasteiger partial charge is 0.487 e. The number of nitrogens with one attached hydrogen (secondary N) is 1. The smallest absolute Gasteiger partial charge is 0.124 e. The second-order valence-corrected chi connectivity index (χ2v) is 7.25. The van der Waals surface area contributed by atoms with E-state index in [1.54, 1.807) is 0 Å². The minimum absolute atomic E-state index is 0.0935. The molecule has 21 heavy (non-hydrogen) atoms. The number of hydrogen-bond donors (Lipinski definition) is 2. The Labute approximate surface area is 127 Å². The Morgan fingerprint density at radius 1 is 1.29 bits per heavy atom. The van der Waals surface area contributed by atoms with E-state index in [1.165, 1.54) is 12.0 Å². The third-order valence-electron chi connectivity index (χ3n) is 4.78. The third-order valence-corrected chi connectivity index (χ3v) is 4.78. The number of aliphatic hydroxyl groups excluding tert-OH is 1. The number of ether oxygens (including phenoxy) is 1. The quantitative estimate of drug-likeness (QED) is 0.896. The molecule has 1 saturated carbocycles. The predicted octanol–water partition coefficient (Wildman–Crippen LogP) is 3.43. The summed E-state index contributed by atoms with van der Waals surface area (Å²) in [6.45, 7) is 5.30. The molecule has 0 bridgehead atoms. The molecule has 1 heterocycles. The fourth-order valence-electron chi connectivity index (χ4n) is 3.74. The molecule has 2 N–H and O–H groups in total. The molecule has 1 fully saturated rings. The number of hydrogen-bond acceptors (Lipinski definition) is 3. The van der Waals surface area contributed by atoms with Crippen LogP contribution in [0, 0.1) is 5.92 Å². The zero-order chi connectivity index (χ0) is 14.9. The van der Waals surface area contributed by atoms with Crippen LogP contribution in [-0.4, -0.2) is 23.4 Å². The molecule has 2 aliphatic rings. The van der Waals surface area contributed by atoms with Gasteiger partial charge < -0.3 is 15.2 Å². The van der Waals surface area contributed by atoms with Crippen molar-refractivity contribution in [3.05, 3.63) is 29.8 Å². The van der Waals surface area contributed by atoms with Gasteiger partial charge in [0.15, 0.2) is 0 Å². The standard InChI is InChI=1S/C18H27NO2/c1-18(2)11-16(15-8-3-4-9-17(15)21-18)19-12-13-6-5-7-14(20)10-13/h3-4,8-9,13-14,16,19-20H,5-7,10-12H2,1-2H3. The van der Waals surface area contributed by atoms with Crippen LogP contribution in [-0.2, 0) is 0 Å². The average Bonchev–Trinajstić information content (AvgIpc) is 2.44. The first kappa shape index (κ1) is 14.9. The van der Waals surface area contributed by atoms with E-state index in [0.717, 1.165) is 38.0 Å². The van der Waals surface area contributed by atoms with E-state index in [-0.39, 0.29) is 11.7 Å². The number of rotatable bonds is 3. The van der Waals surface area contributed by atoms with Gasteiger partial charge in [-0.2, -0.15) is 0 Å². The SMILES string of the molecule is CC1(C)CC(NCC2CCCC(O)C2)c2ccccc2O1. The lowest BCUT2D eigenvalue weighted by atomic mass is 9.85. The van der Waals surface area contributed by atoms with Crippen LogP contribution in [0.4, 0.5) is 0 Å². The second-order valence-electron chi connectivity index (χ2n) is 7.25. The first-order valence-corrected chi connectivity index (χ1v) is 8.23. The maximum atomic E-state index is 9.81. The van der Waals surface area contributed by atoms with Gasteiger partial charge in [0.1, 0.15) is 11.4 Å². The molecule has 1 aromatic carbocycles. The molecule has 0 amide bonds. The van der Waals surface area contributed by atoms with Gasteiger partial charge in [0.2, 0.25) is 0 Å². The maximum absolute atomic E-state index is 9.81. The van der Waals surface area contributed by atoms with Crippen LogP contribution in [0.1, 0.15) is 57.6 Å². The molecule has 3 rings (SSSR count). The van der Waals surface area contributed by atoms with Gasteiger partial charge in [-0.1, -0.05) is 24.6 Å². The normalized spacial score (nSPS) is 31.3. The van der Waals surface area contributed by atoms with Gasteiger partial charge in [-0.15, -0.1) is 0 Å². The van der Waals surface area contributed by atoms with Crippen LogP contribution >= 0.6 is 0 Å². The highest BCUT2D eigenvalue weighted by Crippen LogP contribution is 2.39. The van der Waals surface area contributed by atoms with E-state index in [4.69, 9.17) is 4.74 Å². The van der Waals surface area contributed by atoms with E-state index < -0.39 is 0 Å². The van der Waals surface area contributed by atoms with Crippen LogP contribution in [0.25, 0.3) is 0 Å². The van der Waals surface area contributed by atoms with Gasteiger partial charge in [0.25, 0.3) is 0 Å². The molecule has 3 atom stereocenters. The lowest BCUT2D eigenvalue weighted by Gasteiger charge is -2.39. The molecule has 1 aliphatic heterocycles. The van der Waals surface area contributed by atoms with Crippen molar-refractivity contribution in [2.24, 2.45) is 5.92 Å². The van der Waals surface area contributed by atoms with Gasteiger partial charge in [-0.3, -0.25) is 0 Å².